The summed E-state index contributed by atoms with van der Waals surface area (Å²) in [5.74, 6) is 0. The molecular weight excluding hydrogens is 982 g/mol. The monoisotopic (exact) mass is 1050 g/mol. The van der Waals surface area contributed by atoms with Crippen LogP contribution in [0.4, 0.5) is 0 Å². The molecule has 0 amide bonds. The Kier molecular flexibility index (Phi) is 18.7. The molecule has 2 aromatic carbocycles. The first-order valence-corrected chi connectivity index (χ1v) is 34.3. The second kappa shape index (κ2) is 21.1. The normalized spacial score (nSPS) is 21.1. The van der Waals surface area contributed by atoms with Gasteiger partial charge in [-0.3, -0.25) is 0 Å². The van der Waals surface area contributed by atoms with Crippen molar-refractivity contribution in [3.63, 3.8) is 0 Å². The first-order chi connectivity index (χ1) is 27.7. The molecule has 0 aromatic heterocycles. The van der Waals surface area contributed by atoms with E-state index in [1.807, 2.05) is 0 Å². The second-order valence-corrected chi connectivity index (χ2v) is 40.5. The number of benzene rings is 2. The topological polar surface area (TPSA) is 0 Å². The van der Waals surface area contributed by atoms with Gasteiger partial charge < -0.3 is 24.8 Å². The number of hydrogen-bond donors (Lipinski definition) is 0. The summed E-state index contributed by atoms with van der Waals surface area (Å²) in [5, 5.41) is 5.36. The van der Waals surface area contributed by atoms with Crippen molar-refractivity contribution >= 4 is 34.2 Å². The van der Waals surface area contributed by atoms with Crippen LogP contribution in [-0.2, 0) is 57.5 Å². The Hall–Kier alpha value is -1.38. The first kappa shape index (κ1) is 55.0. The molecule has 6 heteroatoms. The number of allylic oxidation sites excluding steroid dienone is 16. The zero-order chi connectivity index (χ0) is 44.6. The van der Waals surface area contributed by atoms with Crippen LogP contribution in [0.15, 0.2) is 119 Å². The SMILES string of the molecule is CC(C)(C)c1ccc2c(c1)=CC1=[C-]C(C3=CC=CC3)(C(C)(C)C)C=CC=21.CC(C)(C)c1ccc2c(c1)=CC1=[C-]C(C3=CC=CC3)(C(C)(C)C)C=CC=21.C[Si](C)=[Zr].C[Si](C)=[Zr].[Cl-].[Cl-]. The van der Waals surface area contributed by atoms with Gasteiger partial charge in [-0.2, -0.15) is 35.5 Å². The molecule has 0 radical (unpaired) electrons. The maximum absolute atomic E-state index is 3.94. The number of rotatable bonds is 2. The summed E-state index contributed by atoms with van der Waals surface area (Å²) in [4.78, 5) is 0. The molecule has 0 N–H and O–H groups in total. The fourth-order valence-electron chi connectivity index (χ4n) is 8.73. The van der Waals surface area contributed by atoms with Crippen LogP contribution in [0, 0.1) is 33.8 Å². The first-order valence-electron chi connectivity index (χ1n) is 21.9. The Morgan fingerprint density at radius 1 is 0.532 bits per heavy atom. The van der Waals surface area contributed by atoms with Gasteiger partial charge in [0, 0.05) is 0 Å². The van der Waals surface area contributed by atoms with Crippen molar-refractivity contribution in [1.82, 2.24) is 0 Å². The molecular formula is C56H70Cl2Si2Zr2-4. The average molecular weight is 1050 g/mol. The third kappa shape index (κ3) is 12.1. The fraction of sp³-hybridized carbons (Fsp3) is 0.429. The van der Waals surface area contributed by atoms with Crippen LogP contribution in [0.5, 0.6) is 0 Å². The predicted molar refractivity (Wildman–Crippen MR) is 259 cm³/mol. The summed E-state index contributed by atoms with van der Waals surface area (Å²) >= 11 is 3.48. The summed E-state index contributed by atoms with van der Waals surface area (Å²) in [6.07, 6.45) is 37.5. The van der Waals surface area contributed by atoms with Crippen molar-refractivity contribution in [2.45, 2.75) is 133 Å². The van der Waals surface area contributed by atoms with Crippen molar-refractivity contribution in [3.8, 4) is 0 Å². The quantitative estimate of drug-likeness (QED) is 0.261. The Morgan fingerprint density at radius 2 is 0.855 bits per heavy atom. The van der Waals surface area contributed by atoms with Crippen molar-refractivity contribution in [1.29, 1.82) is 0 Å². The van der Waals surface area contributed by atoms with Crippen molar-refractivity contribution in [3.05, 3.63) is 164 Å². The molecule has 0 bridgehead atoms. The van der Waals surface area contributed by atoms with Gasteiger partial charge in [-0.25, -0.2) is 0 Å². The van der Waals surface area contributed by atoms with Crippen LogP contribution in [0.3, 0.4) is 0 Å². The number of fused-ring (bicyclic) bond motifs is 4. The third-order valence-electron chi connectivity index (χ3n) is 12.2. The van der Waals surface area contributed by atoms with Crippen LogP contribution in [0.2, 0.25) is 26.2 Å². The van der Waals surface area contributed by atoms with E-state index < -0.39 is 0 Å². The van der Waals surface area contributed by atoms with E-state index >= 15 is 0 Å². The molecule has 8 rings (SSSR count). The zero-order valence-electron chi connectivity index (χ0n) is 40.6. The van der Waals surface area contributed by atoms with Crippen LogP contribution >= 0.6 is 0 Å². The van der Waals surface area contributed by atoms with E-state index in [2.05, 4.69) is 231 Å². The minimum Gasteiger partial charge on any atom is -1.00 e. The van der Waals surface area contributed by atoms with E-state index in [1.54, 1.807) is 46.7 Å². The zero-order valence-corrected chi connectivity index (χ0v) is 49.0. The minimum atomic E-state index is -0.138. The van der Waals surface area contributed by atoms with Crippen molar-refractivity contribution in [2.75, 3.05) is 0 Å². The summed E-state index contributed by atoms with van der Waals surface area (Å²) in [6, 6.07) is 13.9. The van der Waals surface area contributed by atoms with Gasteiger partial charge in [-0.15, -0.1) is 23.3 Å². The van der Waals surface area contributed by atoms with Crippen LogP contribution < -0.4 is 45.7 Å². The molecule has 0 aliphatic heterocycles. The van der Waals surface area contributed by atoms with E-state index in [1.165, 1.54) is 65.4 Å². The molecule has 62 heavy (non-hydrogen) atoms. The Balaban J connectivity index is 0.000000274. The number of halogens is 2. The molecule has 2 aromatic rings. The van der Waals surface area contributed by atoms with E-state index in [-0.39, 0.29) is 68.2 Å². The summed E-state index contributed by atoms with van der Waals surface area (Å²) in [6.45, 7) is 36.9. The molecule has 2 unspecified atom stereocenters. The van der Waals surface area contributed by atoms with Gasteiger partial charge in [0.25, 0.3) is 0 Å². The van der Waals surface area contributed by atoms with Crippen molar-refractivity contribution < 1.29 is 71.5 Å². The standard InChI is InChI=1S/2C26H29.2C2H6Si.2ClH.2Zr/c2*1-24(2,3)21-11-12-22-18(16-21)15-19-17-26(25(4,5)6,14-13-23(19)22)20-9-7-8-10-20;2*1-3-2;;;;/h2*7-9,11-16H,10H2,1-6H3;2*1-2H3;2*1H;;/q2*-1;;;;;;/p-2. The average Bonchev–Trinajstić information content (AvgIpc) is 3.95. The summed E-state index contributed by atoms with van der Waals surface area (Å²) in [7, 11) is 0. The van der Waals surface area contributed by atoms with Gasteiger partial charge in [0.15, 0.2) is 0 Å². The minimum absolute atomic E-state index is 0. The Labute approximate surface area is 419 Å². The van der Waals surface area contributed by atoms with E-state index in [9.17, 15) is 0 Å². The van der Waals surface area contributed by atoms with E-state index in [4.69, 9.17) is 0 Å². The van der Waals surface area contributed by atoms with Crippen LogP contribution in [0.1, 0.15) is 107 Å². The van der Waals surface area contributed by atoms with Crippen LogP contribution in [0.25, 0.3) is 23.3 Å². The van der Waals surface area contributed by atoms with Gasteiger partial charge in [0.2, 0.25) is 0 Å². The molecule has 2 atom stereocenters. The molecule has 0 nitrogen and oxygen atoms in total. The molecule has 6 aliphatic carbocycles. The molecule has 0 fully saturated rings. The smallest absolute Gasteiger partial charge is 1.00 e. The second-order valence-electron chi connectivity index (χ2n) is 21.7. The van der Waals surface area contributed by atoms with Gasteiger partial charge in [-0.05, 0) is 56.5 Å². The van der Waals surface area contributed by atoms with Gasteiger partial charge in [0.05, 0.1) is 0 Å². The molecule has 0 spiro atoms. The predicted octanol–water partition coefficient (Wildman–Crippen LogP) is 5.87. The molecule has 328 valence electrons. The largest absolute Gasteiger partial charge is 1.00 e. The van der Waals surface area contributed by atoms with Crippen molar-refractivity contribution in [2.24, 2.45) is 21.7 Å². The van der Waals surface area contributed by atoms with Gasteiger partial charge >= 0.3 is 83.7 Å². The fourth-order valence-corrected chi connectivity index (χ4v) is 8.73. The molecule has 0 saturated carbocycles. The third-order valence-corrected chi connectivity index (χ3v) is 12.2. The summed E-state index contributed by atoms with van der Waals surface area (Å²) < 4.78 is 0. The molecule has 6 aliphatic rings. The van der Waals surface area contributed by atoms with Crippen LogP contribution in [-0.4, -0.2) is 10.9 Å². The Morgan fingerprint density at radius 3 is 1.11 bits per heavy atom. The maximum Gasteiger partial charge on any atom is -1.00 e. The molecule has 0 heterocycles. The maximum atomic E-state index is 3.94. The van der Waals surface area contributed by atoms with Gasteiger partial charge in [0.1, 0.15) is 0 Å². The molecule has 0 saturated heterocycles. The van der Waals surface area contributed by atoms with Gasteiger partial charge in [-0.1, -0.05) is 200 Å². The number of hydrogen-bond acceptors (Lipinski definition) is 0. The Bertz CT molecular complexity index is 2410. The summed E-state index contributed by atoms with van der Waals surface area (Å²) in [5.41, 5.74) is 11.5. The van der Waals surface area contributed by atoms with E-state index in [0.29, 0.717) is 0 Å². The van der Waals surface area contributed by atoms with E-state index in [0.717, 1.165) is 12.8 Å².